The Labute approximate surface area is 101 Å². The van der Waals surface area contributed by atoms with Crippen molar-refractivity contribution in [3.63, 3.8) is 0 Å². The van der Waals surface area contributed by atoms with Gasteiger partial charge in [-0.3, -0.25) is 9.78 Å². The van der Waals surface area contributed by atoms with Crippen molar-refractivity contribution in [3.8, 4) is 11.5 Å². The molecule has 0 aliphatic heterocycles. The van der Waals surface area contributed by atoms with Crippen molar-refractivity contribution in [1.82, 2.24) is 9.97 Å². The summed E-state index contributed by atoms with van der Waals surface area (Å²) in [4.78, 5) is 16.7. The van der Waals surface area contributed by atoms with E-state index in [2.05, 4.69) is 9.97 Å². The van der Waals surface area contributed by atoms with Gasteiger partial charge in [0, 0.05) is 11.5 Å². The van der Waals surface area contributed by atoms with Crippen LogP contribution >= 0.6 is 12.2 Å². The van der Waals surface area contributed by atoms with E-state index in [1.165, 1.54) is 6.07 Å². The van der Waals surface area contributed by atoms with Gasteiger partial charge in [0.15, 0.2) is 10.5 Å². The minimum absolute atomic E-state index is 0.246. The molecule has 2 N–H and O–H groups in total. The number of nitrogens with one attached hydrogen (secondary N) is 2. The van der Waals surface area contributed by atoms with Crippen molar-refractivity contribution in [2.24, 2.45) is 0 Å². The number of fused-ring (bicyclic) bond motifs is 1. The molecule has 0 fully saturated rings. The van der Waals surface area contributed by atoms with Gasteiger partial charge in [0.25, 0.3) is 5.56 Å². The number of aromatic amines is 2. The van der Waals surface area contributed by atoms with Crippen LogP contribution in [-0.2, 0) is 0 Å². The van der Waals surface area contributed by atoms with E-state index < -0.39 is 0 Å². The number of para-hydroxylation sites is 1. The van der Waals surface area contributed by atoms with E-state index in [0.717, 1.165) is 11.0 Å². The fourth-order valence-corrected chi connectivity index (χ4v) is 1.93. The maximum atomic E-state index is 11.3. The van der Waals surface area contributed by atoms with Crippen LogP contribution in [0.5, 0.6) is 0 Å². The normalized spacial score (nSPS) is 10.8. The zero-order valence-corrected chi connectivity index (χ0v) is 9.51. The van der Waals surface area contributed by atoms with Crippen molar-refractivity contribution in [1.29, 1.82) is 0 Å². The van der Waals surface area contributed by atoms with Crippen LogP contribution in [0.1, 0.15) is 0 Å². The molecule has 0 saturated carbocycles. The molecule has 0 aliphatic carbocycles. The molecular formula is C12H8N2O2S. The Morgan fingerprint density at radius 3 is 2.71 bits per heavy atom. The summed E-state index contributed by atoms with van der Waals surface area (Å²) in [5.74, 6) is 0.600. The predicted molar refractivity (Wildman–Crippen MR) is 67.5 cm³/mol. The molecule has 3 aromatic rings. The summed E-state index contributed by atoms with van der Waals surface area (Å²) in [6.07, 6.45) is 0. The second-order valence-corrected chi connectivity index (χ2v) is 4.06. The second-order valence-electron chi connectivity index (χ2n) is 3.65. The standard InChI is InChI=1S/C12H8N2O2S/c15-11-6-8(13-12(17)14-11)10-5-7-3-1-2-4-9(7)16-10/h1-6H,(H2,13,14,15,17). The van der Waals surface area contributed by atoms with Crippen molar-refractivity contribution >= 4 is 23.2 Å². The van der Waals surface area contributed by atoms with Crippen molar-refractivity contribution in [2.75, 3.05) is 0 Å². The molecule has 0 unspecified atom stereocenters. The minimum atomic E-state index is -0.246. The maximum absolute atomic E-state index is 11.3. The van der Waals surface area contributed by atoms with Crippen molar-refractivity contribution in [2.45, 2.75) is 0 Å². The van der Waals surface area contributed by atoms with Gasteiger partial charge in [-0.05, 0) is 24.4 Å². The summed E-state index contributed by atoms with van der Waals surface area (Å²) >= 11 is 4.92. The lowest BCUT2D eigenvalue weighted by Crippen LogP contribution is -2.05. The topological polar surface area (TPSA) is 61.8 Å². The van der Waals surface area contributed by atoms with Gasteiger partial charge >= 0.3 is 0 Å². The predicted octanol–water partition coefficient (Wildman–Crippen LogP) is 2.85. The summed E-state index contributed by atoms with van der Waals surface area (Å²) in [5, 5.41) is 0.988. The molecule has 4 nitrogen and oxygen atoms in total. The first kappa shape index (κ1) is 10.0. The highest BCUT2D eigenvalue weighted by Crippen LogP contribution is 2.25. The summed E-state index contributed by atoms with van der Waals surface area (Å²) in [6.45, 7) is 0. The number of hydrogen-bond acceptors (Lipinski definition) is 3. The zero-order chi connectivity index (χ0) is 11.8. The van der Waals surface area contributed by atoms with Gasteiger partial charge in [0.1, 0.15) is 5.58 Å². The van der Waals surface area contributed by atoms with Gasteiger partial charge in [0.05, 0.1) is 5.69 Å². The monoisotopic (exact) mass is 244 g/mol. The number of aromatic nitrogens is 2. The quantitative estimate of drug-likeness (QED) is 0.647. The minimum Gasteiger partial charge on any atom is -0.455 e. The number of benzene rings is 1. The van der Waals surface area contributed by atoms with Crippen molar-refractivity contribution < 1.29 is 4.42 Å². The van der Waals surface area contributed by atoms with Crippen LogP contribution in [0, 0.1) is 4.77 Å². The van der Waals surface area contributed by atoms with Crippen LogP contribution in [0.4, 0.5) is 0 Å². The third-order valence-electron chi connectivity index (χ3n) is 2.45. The molecule has 0 amide bonds. The van der Waals surface area contributed by atoms with Gasteiger partial charge in [-0.1, -0.05) is 18.2 Å². The summed E-state index contributed by atoms with van der Waals surface area (Å²) < 4.78 is 5.92. The molecule has 2 aromatic heterocycles. The number of hydrogen-bond donors (Lipinski definition) is 2. The lowest BCUT2D eigenvalue weighted by molar-refractivity contribution is 0.628. The number of H-pyrrole nitrogens is 2. The maximum Gasteiger partial charge on any atom is 0.252 e. The molecule has 84 valence electrons. The first-order valence-corrected chi connectivity index (χ1v) is 5.46. The molecule has 0 saturated heterocycles. The van der Waals surface area contributed by atoms with E-state index in [1.54, 1.807) is 0 Å². The van der Waals surface area contributed by atoms with E-state index in [-0.39, 0.29) is 10.3 Å². The molecule has 5 heteroatoms. The molecular weight excluding hydrogens is 236 g/mol. The molecule has 17 heavy (non-hydrogen) atoms. The van der Waals surface area contributed by atoms with Crippen LogP contribution in [-0.4, -0.2) is 9.97 Å². The SMILES string of the molecule is O=c1cc(-c2cc3ccccc3o2)[nH]c(=S)[nH]1. The average Bonchev–Trinajstić information content (AvgIpc) is 2.71. The largest absolute Gasteiger partial charge is 0.455 e. The fraction of sp³-hybridized carbons (Fsp3) is 0. The Bertz CT molecular complexity index is 736. The first-order valence-electron chi connectivity index (χ1n) is 5.05. The van der Waals surface area contributed by atoms with Crippen LogP contribution in [0.2, 0.25) is 0 Å². The van der Waals surface area contributed by atoms with Gasteiger partial charge in [0.2, 0.25) is 0 Å². The lowest BCUT2D eigenvalue weighted by atomic mass is 10.2. The molecule has 3 rings (SSSR count). The molecule has 0 atom stereocenters. The highest BCUT2D eigenvalue weighted by Gasteiger charge is 2.06. The summed E-state index contributed by atoms with van der Waals surface area (Å²) in [5.41, 5.74) is 1.11. The van der Waals surface area contributed by atoms with Crippen LogP contribution in [0.15, 0.2) is 45.6 Å². The molecule has 0 spiro atoms. The number of rotatable bonds is 1. The lowest BCUT2D eigenvalue weighted by Gasteiger charge is -1.95. The molecule has 2 heterocycles. The van der Waals surface area contributed by atoms with Crippen molar-refractivity contribution in [3.05, 3.63) is 51.5 Å². The van der Waals surface area contributed by atoms with Gasteiger partial charge in [-0.15, -0.1) is 0 Å². The van der Waals surface area contributed by atoms with Crippen LogP contribution < -0.4 is 5.56 Å². The highest BCUT2D eigenvalue weighted by molar-refractivity contribution is 7.71. The Morgan fingerprint density at radius 1 is 1.12 bits per heavy atom. The van der Waals surface area contributed by atoms with Gasteiger partial charge in [-0.25, -0.2) is 0 Å². The molecule has 0 aliphatic rings. The van der Waals surface area contributed by atoms with E-state index >= 15 is 0 Å². The summed E-state index contributed by atoms with van der Waals surface area (Å²) in [6, 6.07) is 10.9. The molecule has 0 bridgehead atoms. The highest BCUT2D eigenvalue weighted by atomic mass is 32.1. The van der Waals surface area contributed by atoms with Crippen LogP contribution in [0.25, 0.3) is 22.4 Å². The van der Waals surface area contributed by atoms with Crippen LogP contribution in [0.3, 0.4) is 0 Å². The van der Waals surface area contributed by atoms with E-state index in [1.807, 2.05) is 30.3 Å². The third kappa shape index (κ3) is 1.81. The average molecular weight is 244 g/mol. The molecule has 1 aromatic carbocycles. The fourth-order valence-electron chi connectivity index (χ4n) is 1.72. The zero-order valence-electron chi connectivity index (χ0n) is 8.69. The Morgan fingerprint density at radius 2 is 1.94 bits per heavy atom. The van der Waals surface area contributed by atoms with E-state index in [0.29, 0.717) is 11.5 Å². The number of furan rings is 1. The Kier molecular flexibility index (Phi) is 2.19. The van der Waals surface area contributed by atoms with E-state index in [9.17, 15) is 4.79 Å². The Balaban J connectivity index is 2.27. The summed E-state index contributed by atoms with van der Waals surface area (Å²) in [7, 11) is 0. The Hall–Kier alpha value is -2.14. The third-order valence-corrected chi connectivity index (χ3v) is 2.66. The van der Waals surface area contributed by atoms with Gasteiger partial charge < -0.3 is 9.40 Å². The second kappa shape index (κ2) is 3.71. The van der Waals surface area contributed by atoms with Gasteiger partial charge in [-0.2, -0.15) is 0 Å². The first-order chi connectivity index (χ1) is 8.22. The smallest absolute Gasteiger partial charge is 0.252 e. The molecule has 0 radical (unpaired) electrons. The van der Waals surface area contributed by atoms with E-state index in [4.69, 9.17) is 16.6 Å².